The van der Waals surface area contributed by atoms with Crippen LogP contribution in [0, 0.1) is 11.8 Å². The van der Waals surface area contributed by atoms with E-state index in [1.807, 2.05) is 0 Å². The van der Waals surface area contributed by atoms with E-state index in [-0.39, 0.29) is 38.5 Å². The monoisotopic (exact) mass is 536 g/mol. The summed E-state index contributed by atoms with van der Waals surface area (Å²) in [5, 5.41) is 2.49. The Morgan fingerprint density at radius 2 is 1.56 bits per heavy atom. The van der Waals surface area contributed by atoms with Crippen molar-refractivity contribution in [1.29, 1.82) is 0 Å². The van der Waals surface area contributed by atoms with Crippen LogP contribution in [0.4, 0.5) is 30.7 Å². The molecule has 7 nitrogen and oxygen atoms in total. The molecular weight excluding hydrogens is 505 g/mol. The number of alkyl halides is 7. The molecule has 0 aromatic rings. The summed E-state index contributed by atoms with van der Waals surface area (Å²) in [6.07, 6.45) is -19.3. The number of ether oxygens (including phenoxy) is 3. The molecule has 0 aromatic carbocycles. The van der Waals surface area contributed by atoms with Gasteiger partial charge in [-0.15, -0.1) is 13.2 Å². The highest BCUT2D eigenvalue weighted by Gasteiger charge is 2.52. The number of carbonyl (C=O) groups is 2. The Balaban J connectivity index is 1.70. The molecule has 0 radical (unpaired) electrons. The van der Waals surface area contributed by atoms with Crippen molar-refractivity contribution >= 4 is 11.8 Å². The van der Waals surface area contributed by atoms with Crippen molar-refractivity contribution in [2.45, 2.75) is 106 Å². The van der Waals surface area contributed by atoms with E-state index in [4.69, 9.17) is 15.2 Å². The predicted molar refractivity (Wildman–Crippen MR) is 110 cm³/mol. The summed E-state index contributed by atoms with van der Waals surface area (Å²) in [6.45, 7) is 0. The molecule has 3 saturated carbocycles. The molecule has 0 aliphatic heterocycles. The van der Waals surface area contributed by atoms with Crippen LogP contribution in [-0.4, -0.2) is 80.4 Å². The number of nitrogens with one attached hydrogen (secondary N) is 1. The molecule has 0 bridgehead atoms. The van der Waals surface area contributed by atoms with Gasteiger partial charge >= 0.3 is 6.36 Å². The van der Waals surface area contributed by atoms with Crippen molar-refractivity contribution in [3.8, 4) is 0 Å². The van der Waals surface area contributed by atoms with E-state index in [1.165, 1.54) is 7.11 Å². The zero-order valence-corrected chi connectivity index (χ0v) is 19.6. The topological polar surface area (TPSA) is 99.9 Å². The van der Waals surface area contributed by atoms with Crippen molar-refractivity contribution in [2.24, 2.45) is 17.6 Å². The predicted octanol–water partition coefficient (Wildman–Crippen LogP) is 2.99. The average Bonchev–Trinajstić information content (AvgIpc) is 2.78. The van der Waals surface area contributed by atoms with E-state index < -0.39 is 91.6 Å². The molecule has 0 heterocycles. The number of carbonyl (C=O) groups excluding carboxylic acids is 2. The molecule has 14 heteroatoms. The van der Waals surface area contributed by atoms with Crippen LogP contribution in [0.5, 0.6) is 0 Å². The quantitative estimate of drug-likeness (QED) is 0.488. The number of methoxy groups -OCH3 is 1. The van der Waals surface area contributed by atoms with Gasteiger partial charge in [0.15, 0.2) is 6.17 Å². The standard InChI is InChI=1S/C22H31F7N2O5/c1-34-15-7-10(36-22(27,28)29)3-5-14(15)35-16-8-13(24)18(25)19(26)17(16)21(33)31-9-2-4-12(23)11(6-9)20(30)32/h9-19H,2-8H2,1H3,(H2,30,32)(H,31,33). The minimum absolute atomic E-state index is 0.0160. The first-order valence-electron chi connectivity index (χ1n) is 11.9. The molecular formula is C22H31F7N2O5. The van der Waals surface area contributed by atoms with Gasteiger partial charge in [-0.25, -0.2) is 17.6 Å². The normalized spacial score (nSPS) is 42.1. The molecule has 11 unspecified atom stereocenters. The number of hydrogen-bond donors (Lipinski definition) is 2. The fraction of sp³-hybridized carbons (Fsp3) is 0.909. The molecule has 36 heavy (non-hydrogen) atoms. The molecule has 3 N–H and O–H groups in total. The van der Waals surface area contributed by atoms with Gasteiger partial charge in [0.05, 0.1) is 36.3 Å². The molecule has 3 aliphatic carbocycles. The van der Waals surface area contributed by atoms with Crippen LogP contribution in [0.15, 0.2) is 0 Å². The van der Waals surface area contributed by atoms with E-state index in [0.29, 0.717) is 0 Å². The Morgan fingerprint density at radius 1 is 0.861 bits per heavy atom. The van der Waals surface area contributed by atoms with Crippen LogP contribution in [0.25, 0.3) is 0 Å². The lowest BCUT2D eigenvalue weighted by molar-refractivity contribution is -0.349. The summed E-state index contributed by atoms with van der Waals surface area (Å²) in [5.74, 6) is -4.80. The summed E-state index contributed by atoms with van der Waals surface area (Å²) in [6, 6.07) is -0.738. The molecule has 3 aliphatic rings. The summed E-state index contributed by atoms with van der Waals surface area (Å²) in [7, 11) is 1.23. The Labute approximate surface area is 203 Å². The van der Waals surface area contributed by atoms with Gasteiger partial charge < -0.3 is 20.5 Å². The smallest absolute Gasteiger partial charge is 0.379 e. The van der Waals surface area contributed by atoms with Crippen LogP contribution < -0.4 is 11.1 Å². The van der Waals surface area contributed by atoms with E-state index in [9.17, 15) is 40.3 Å². The van der Waals surface area contributed by atoms with E-state index in [1.54, 1.807) is 0 Å². The first kappa shape index (κ1) is 28.9. The molecule has 208 valence electrons. The van der Waals surface area contributed by atoms with Crippen molar-refractivity contribution in [3.05, 3.63) is 0 Å². The van der Waals surface area contributed by atoms with Crippen LogP contribution in [0.2, 0.25) is 0 Å². The fourth-order valence-corrected chi connectivity index (χ4v) is 5.40. The third-order valence-electron chi connectivity index (χ3n) is 7.27. The maximum absolute atomic E-state index is 14.9. The second-order valence-electron chi connectivity index (χ2n) is 9.70. The van der Waals surface area contributed by atoms with Gasteiger partial charge in [0, 0.05) is 26.0 Å². The SMILES string of the molecule is COC1CC(OC(F)(F)F)CCC1OC1CC(F)C(F)C(F)C1C(=O)NC1CCC(F)C(C(N)=O)C1. The minimum Gasteiger partial charge on any atom is -0.379 e. The minimum atomic E-state index is -4.85. The number of halogens is 7. The Kier molecular flexibility index (Phi) is 9.47. The van der Waals surface area contributed by atoms with Crippen molar-refractivity contribution in [3.63, 3.8) is 0 Å². The van der Waals surface area contributed by atoms with Crippen molar-refractivity contribution in [1.82, 2.24) is 5.32 Å². The Bertz CT molecular complexity index is 776. The zero-order chi connectivity index (χ0) is 26.8. The van der Waals surface area contributed by atoms with Crippen LogP contribution in [0.1, 0.15) is 44.9 Å². The highest BCUT2D eigenvalue weighted by Crippen LogP contribution is 2.38. The van der Waals surface area contributed by atoms with E-state index in [0.717, 1.165) is 0 Å². The molecule has 3 rings (SSSR count). The summed E-state index contributed by atoms with van der Waals surface area (Å²) in [4.78, 5) is 24.5. The van der Waals surface area contributed by atoms with Gasteiger partial charge in [-0.05, 0) is 32.1 Å². The first-order valence-corrected chi connectivity index (χ1v) is 11.9. The lowest BCUT2D eigenvalue weighted by Crippen LogP contribution is -2.57. The van der Waals surface area contributed by atoms with Crippen LogP contribution in [0.3, 0.4) is 0 Å². The van der Waals surface area contributed by atoms with Crippen molar-refractivity contribution in [2.75, 3.05) is 7.11 Å². The number of amides is 2. The lowest BCUT2D eigenvalue weighted by Gasteiger charge is -2.42. The summed E-state index contributed by atoms with van der Waals surface area (Å²) >= 11 is 0. The second-order valence-corrected chi connectivity index (χ2v) is 9.70. The molecule has 0 saturated heterocycles. The van der Waals surface area contributed by atoms with Gasteiger partial charge in [-0.3, -0.25) is 14.3 Å². The second kappa shape index (κ2) is 11.8. The third-order valence-corrected chi connectivity index (χ3v) is 7.27. The van der Waals surface area contributed by atoms with Crippen LogP contribution in [-0.2, 0) is 23.8 Å². The van der Waals surface area contributed by atoms with E-state index >= 15 is 0 Å². The average molecular weight is 536 g/mol. The molecule has 3 fully saturated rings. The largest absolute Gasteiger partial charge is 0.522 e. The fourth-order valence-electron chi connectivity index (χ4n) is 5.40. The Hall–Kier alpha value is -1.67. The number of nitrogens with two attached hydrogens (primary N) is 1. The summed E-state index contributed by atoms with van der Waals surface area (Å²) in [5.41, 5.74) is 5.20. The highest BCUT2D eigenvalue weighted by atomic mass is 19.4. The maximum atomic E-state index is 14.9. The van der Waals surface area contributed by atoms with Crippen molar-refractivity contribution < 1.29 is 54.5 Å². The van der Waals surface area contributed by atoms with Gasteiger partial charge in [-0.1, -0.05) is 0 Å². The molecule has 0 spiro atoms. The number of hydrogen-bond acceptors (Lipinski definition) is 5. The Morgan fingerprint density at radius 3 is 2.17 bits per heavy atom. The van der Waals surface area contributed by atoms with Crippen LogP contribution >= 0.6 is 0 Å². The molecule has 0 aromatic heterocycles. The molecule has 11 atom stereocenters. The molecule has 2 amide bonds. The zero-order valence-electron chi connectivity index (χ0n) is 19.6. The van der Waals surface area contributed by atoms with Gasteiger partial charge in [-0.2, -0.15) is 0 Å². The van der Waals surface area contributed by atoms with Gasteiger partial charge in [0.1, 0.15) is 18.5 Å². The number of rotatable bonds is 7. The van der Waals surface area contributed by atoms with Gasteiger partial charge in [0.25, 0.3) is 0 Å². The third kappa shape index (κ3) is 7.00. The first-order chi connectivity index (χ1) is 16.8. The maximum Gasteiger partial charge on any atom is 0.522 e. The summed E-state index contributed by atoms with van der Waals surface area (Å²) < 4.78 is 110. The number of primary amides is 1. The lowest BCUT2D eigenvalue weighted by atomic mass is 9.80. The highest BCUT2D eigenvalue weighted by molar-refractivity contribution is 5.81. The van der Waals surface area contributed by atoms with Gasteiger partial charge in [0.2, 0.25) is 11.8 Å². The van der Waals surface area contributed by atoms with E-state index in [2.05, 4.69) is 10.1 Å².